The van der Waals surface area contributed by atoms with Crippen molar-refractivity contribution in [3.63, 3.8) is 0 Å². The Morgan fingerprint density at radius 3 is 2.60 bits per heavy atom. The van der Waals surface area contributed by atoms with Crippen molar-refractivity contribution < 1.29 is 5.11 Å². The van der Waals surface area contributed by atoms with Crippen LogP contribution in [0.2, 0.25) is 5.02 Å². The van der Waals surface area contributed by atoms with Crippen molar-refractivity contribution in [3.8, 4) is 0 Å². The summed E-state index contributed by atoms with van der Waals surface area (Å²) in [6.07, 6.45) is 4.33. The van der Waals surface area contributed by atoms with Crippen molar-refractivity contribution in [2.75, 3.05) is 6.61 Å². The van der Waals surface area contributed by atoms with Gasteiger partial charge in [-0.2, -0.15) is 0 Å². The third kappa shape index (κ3) is 2.04. The molecular weight excluding hydrogens is 208 g/mol. The zero-order chi connectivity index (χ0) is 10.9. The monoisotopic (exact) mass is 224 g/mol. The Kier molecular flexibility index (Phi) is 3.03. The van der Waals surface area contributed by atoms with Gasteiger partial charge < -0.3 is 5.11 Å². The average molecular weight is 225 g/mol. The van der Waals surface area contributed by atoms with Crippen LogP contribution in [-0.4, -0.2) is 11.7 Å². The highest BCUT2D eigenvalue weighted by Crippen LogP contribution is 2.48. The Morgan fingerprint density at radius 2 is 2.13 bits per heavy atom. The average Bonchev–Trinajstić information content (AvgIpc) is 3.02. The van der Waals surface area contributed by atoms with E-state index in [0.717, 1.165) is 30.7 Å². The van der Waals surface area contributed by atoms with Crippen LogP contribution in [0.15, 0.2) is 18.2 Å². The van der Waals surface area contributed by atoms with Gasteiger partial charge >= 0.3 is 0 Å². The molecule has 2 rings (SSSR count). The van der Waals surface area contributed by atoms with Crippen LogP contribution >= 0.6 is 11.6 Å². The van der Waals surface area contributed by atoms with E-state index in [0.29, 0.717) is 0 Å². The van der Waals surface area contributed by atoms with Crippen molar-refractivity contribution in [1.29, 1.82) is 0 Å². The first kappa shape index (κ1) is 11.0. The quantitative estimate of drug-likeness (QED) is 0.832. The minimum Gasteiger partial charge on any atom is -0.395 e. The van der Waals surface area contributed by atoms with Crippen molar-refractivity contribution in [1.82, 2.24) is 0 Å². The fraction of sp³-hybridized carbons (Fsp3) is 0.538. The standard InChI is InChI=1S/C13H17ClO/c1-2-3-10-4-5-11(8-12(10)14)13(9-15)6-7-13/h4-5,8,15H,2-3,6-7,9H2,1H3. The molecule has 0 amide bonds. The second-order valence-electron chi connectivity index (χ2n) is 4.49. The van der Waals surface area contributed by atoms with Gasteiger partial charge in [-0.1, -0.05) is 37.1 Å². The van der Waals surface area contributed by atoms with E-state index in [1.165, 1.54) is 11.1 Å². The molecule has 0 aliphatic heterocycles. The lowest BCUT2D eigenvalue weighted by Crippen LogP contribution is -2.11. The third-order valence-electron chi connectivity index (χ3n) is 3.34. The lowest BCUT2D eigenvalue weighted by atomic mass is 9.95. The molecule has 0 spiro atoms. The molecule has 1 fully saturated rings. The van der Waals surface area contributed by atoms with Gasteiger partial charge in [0.05, 0.1) is 6.61 Å². The highest BCUT2D eigenvalue weighted by atomic mass is 35.5. The van der Waals surface area contributed by atoms with Crippen LogP contribution in [0.1, 0.15) is 37.3 Å². The normalized spacial score (nSPS) is 17.8. The molecule has 2 heteroatoms. The van der Waals surface area contributed by atoms with E-state index in [9.17, 15) is 5.11 Å². The molecule has 1 nitrogen and oxygen atoms in total. The van der Waals surface area contributed by atoms with Gasteiger partial charge in [-0.15, -0.1) is 0 Å². The number of hydrogen-bond donors (Lipinski definition) is 1. The van der Waals surface area contributed by atoms with Crippen LogP contribution in [0.5, 0.6) is 0 Å². The predicted octanol–water partition coefficient (Wildman–Crippen LogP) is 3.32. The van der Waals surface area contributed by atoms with E-state index >= 15 is 0 Å². The van der Waals surface area contributed by atoms with Crippen LogP contribution in [0.4, 0.5) is 0 Å². The molecular formula is C13H17ClO. The van der Waals surface area contributed by atoms with E-state index in [2.05, 4.69) is 19.1 Å². The van der Waals surface area contributed by atoms with Gasteiger partial charge in [-0.25, -0.2) is 0 Å². The first-order chi connectivity index (χ1) is 7.22. The molecule has 1 aromatic rings. The molecule has 0 atom stereocenters. The summed E-state index contributed by atoms with van der Waals surface area (Å²) in [7, 11) is 0. The van der Waals surface area contributed by atoms with Gasteiger partial charge in [-0.05, 0) is 36.5 Å². The topological polar surface area (TPSA) is 20.2 Å². The number of aryl methyl sites for hydroxylation is 1. The molecule has 0 unspecified atom stereocenters. The summed E-state index contributed by atoms with van der Waals surface area (Å²) in [6, 6.07) is 6.27. The smallest absolute Gasteiger partial charge is 0.0527 e. The van der Waals surface area contributed by atoms with Crippen LogP contribution in [-0.2, 0) is 11.8 Å². The van der Waals surface area contributed by atoms with Crippen molar-refractivity contribution in [2.24, 2.45) is 0 Å². The van der Waals surface area contributed by atoms with Crippen molar-refractivity contribution >= 4 is 11.6 Å². The van der Waals surface area contributed by atoms with Gasteiger partial charge in [0, 0.05) is 10.4 Å². The van der Waals surface area contributed by atoms with E-state index in [-0.39, 0.29) is 12.0 Å². The van der Waals surface area contributed by atoms with Gasteiger partial charge in [-0.3, -0.25) is 0 Å². The number of aliphatic hydroxyl groups excluding tert-OH is 1. The molecule has 0 bridgehead atoms. The Labute approximate surface area is 96.1 Å². The molecule has 0 aromatic heterocycles. The first-order valence-electron chi connectivity index (χ1n) is 5.61. The zero-order valence-electron chi connectivity index (χ0n) is 9.09. The van der Waals surface area contributed by atoms with Gasteiger partial charge in [0.2, 0.25) is 0 Å². The summed E-state index contributed by atoms with van der Waals surface area (Å²) in [4.78, 5) is 0. The molecule has 1 aromatic carbocycles. The summed E-state index contributed by atoms with van der Waals surface area (Å²) in [5.74, 6) is 0. The number of rotatable bonds is 4. The van der Waals surface area contributed by atoms with Gasteiger partial charge in [0.1, 0.15) is 0 Å². The fourth-order valence-corrected chi connectivity index (χ4v) is 2.31. The Morgan fingerprint density at radius 1 is 1.40 bits per heavy atom. The minimum atomic E-state index is 0.0361. The van der Waals surface area contributed by atoms with Gasteiger partial charge in [0.25, 0.3) is 0 Å². The maximum absolute atomic E-state index is 9.33. The molecule has 1 aliphatic carbocycles. The molecule has 1 saturated carbocycles. The van der Waals surface area contributed by atoms with E-state index in [1.807, 2.05) is 6.07 Å². The Bertz CT molecular complexity index is 356. The van der Waals surface area contributed by atoms with Crippen LogP contribution in [0.3, 0.4) is 0 Å². The minimum absolute atomic E-state index is 0.0361. The molecule has 0 heterocycles. The molecule has 82 valence electrons. The lowest BCUT2D eigenvalue weighted by molar-refractivity contribution is 0.255. The third-order valence-corrected chi connectivity index (χ3v) is 3.69. The van der Waals surface area contributed by atoms with Crippen molar-refractivity contribution in [3.05, 3.63) is 34.3 Å². The molecule has 15 heavy (non-hydrogen) atoms. The fourth-order valence-electron chi connectivity index (χ4n) is 2.04. The largest absolute Gasteiger partial charge is 0.395 e. The van der Waals surface area contributed by atoms with Crippen molar-refractivity contribution in [2.45, 2.75) is 38.0 Å². The second kappa shape index (κ2) is 4.15. The van der Waals surface area contributed by atoms with Crippen LogP contribution in [0, 0.1) is 0 Å². The number of hydrogen-bond acceptors (Lipinski definition) is 1. The summed E-state index contributed by atoms with van der Waals surface area (Å²) in [5, 5.41) is 10.2. The molecule has 1 aliphatic rings. The van der Waals surface area contributed by atoms with E-state index in [1.54, 1.807) is 0 Å². The molecule has 0 radical (unpaired) electrons. The van der Waals surface area contributed by atoms with E-state index in [4.69, 9.17) is 11.6 Å². The highest BCUT2D eigenvalue weighted by Gasteiger charge is 2.43. The first-order valence-corrected chi connectivity index (χ1v) is 5.99. The van der Waals surface area contributed by atoms with E-state index < -0.39 is 0 Å². The van der Waals surface area contributed by atoms with Crippen LogP contribution < -0.4 is 0 Å². The Balaban J connectivity index is 2.25. The summed E-state index contributed by atoms with van der Waals surface area (Å²) in [6.45, 7) is 2.40. The molecule has 1 N–H and O–H groups in total. The summed E-state index contributed by atoms with van der Waals surface area (Å²) in [5.41, 5.74) is 2.46. The zero-order valence-corrected chi connectivity index (χ0v) is 9.85. The predicted molar refractivity (Wildman–Crippen MR) is 63.4 cm³/mol. The highest BCUT2D eigenvalue weighted by molar-refractivity contribution is 6.31. The lowest BCUT2D eigenvalue weighted by Gasteiger charge is -2.13. The Hall–Kier alpha value is -0.530. The van der Waals surface area contributed by atoms with Crippen LogP contribution in [0.25, 0.3) is 0 Å². The van der Waals surface area contributed by atoms with Gasteiger partial charge in [0.15, 0.2) is 0 Å². The molecule has 0 saturated heterocycles. The summed E-state index contributed by atoms with van der Waals surface area (Å²) < 4.78 is 0. The maximum atomic E-state index is 9.33. The number of benzene rings is 1. The maximum Gasteiger partial charge on any atom is 0.0527 e. The number of halogens is 1. The SMILES string of the molecule is CCCc1ccc(C2(CO)CC2)cc1Cl. The number of aliphatic hydroxyl groups is 1. The summed E-state index contributed by atoms with van der Waals surface area (Å²) >= 11 is 6.22. The second-order valence-corrected chi connectivity index (χ2v) is 4.90.